The summed E-state index contributed by atoms with van der Waals surface area (Å²) in [7, 11) is 0. The van der Waals surface area contributed by atoms with E-state index < -0.39 is 0 Å². The van der Waals surface area contributed by atoms with Crippen LogP contribution < -0.4 is 4.90 Å². The summed E-state index contributed by atoms with van der Waals surface area (Å²) >= 11 is 0. The predicted octanol–water partition coefficient (Wildman–Crippen LogP) is 12.7. The number of rotatable bonds is 5. The molecule has 1 heterocycles. The maximum atomic E-state index is 6.23. The second-order valence-corrected chi connectivity index (χ2v) is 11.8. The molecule has 0 unspecified atom stereocenters. The summed E-state index contributed by atoms with van der Waals surface area (Å²) in [5.74, 6) is 0. The smallest absolute Gasteiger partial charge is 0.135 e. The van der Waals surface area contributed by atoms with Gasteiger partial charge in [-0.25, -0.2) is 0 Å². The van der Waals surface area contributed by atoms with Crippen LogP contribution in [0.5, 0.6) is 0 Å². The monoisotopic (exact) mass is 587 g/mol. The standard InChI is InChI=1S/C44H29NO/c1-2-12-31(13-3-1)37-16-6-8-18-41(37)45(36-24-26-44-40(29-36)39-17-7-9-20-43(39)46-44)42-19-10-15-35-28-34(23-25-38(35)42)33-22-21-30-11-4-5-14-32(30)27-33/h1-29H. The summed E-state index contributed by atoms with van der Waals surface area (Å²) < 4.78 is 6.23. The molecule has 216 valence electrons. The van der Waals surface area contributed by atoms with Crippen LogP contribution >= 0.6 is 0 Å². The molecule has 2 nitrogen and oxygen atoms in total. The average Bonchev–Trinajstić information content (AvgIpc) is 3.50. The number of hydrogen-bond donors (Lipinski definition) is 0. The van der Waals surface area contributed by atoms with Gasteiger partial charge in [-0.2, -0.15) is 0 Å². The van der Waals surface area contributed by atoms with Gasteiger partial charge >= 0.3 is 0 Å². The van der Waals surface area contributed by atoms with Gasteiger partial charge in [0.1, 0.15) is 11.2 Å². The molecule has 0 atom stereocenters. The van der Waals surface area contributed by atoms with Crippen LogP contribution in [-0.4, -0.2) is 0 Å². The van der Waals surface area contributed by atoms with E-state index in [4.69, 9.17) is 4.42 Å². The van der Waals surface area contributed by atoms with E-state index in [-0.39, 0.29) is 0 Å². The Morgan fingerprint density at radius 1 is 0.348 bits per heavy atom. The Morgan fingerprint density at radius 3 is 1.93 bits per heavy atom. The van der Waals surface area contributed by atoms with Crippen LogP contribution in [0.15, 0.2) is 180 Å². The van der Waals surface area contributed by atoms with Crippen molar-refractivity contribution in [3.05, 3.63) is 176 Å². The highest BCUT2D eigenvalue weighted by molar-refractivity contribution is 6.08. The van der Waals surface area contributed by atoms with Crippen molar-refractivity contribution in [3.63, 3.8) is 0 Å². The molecule has 9 aromatic rings. The van der Waals surface area contributed by atoms with E-state index in [1.165, 1.54) is 43.8 Å². The summed E-state index contributed by atoms with van der Waals surface area (Å²) in [6.07, 6.45) is 0. The van der Waals surface area contributed by atoms with Crippen molar-refractivity contribution >= 4 is 60.5 Å². The van der Waals surface area contributed by atoms with Crippen LogP contribution in [0.25, 0.3) is 65.7 Å². The van der Waals surface area contributed by atoms with Gasteiger partial charge in [-0.15, -0.1) is 0 Å². The van der Waals surface area contributed by atoms with Crippen molar-refractivity contribution in [3.8, 4) is 22.3 Å². The Bertz CT molecular complexity index is 2540. The first-order valence-corrected chi connectivity index (χ1v) is 15.7. The van der Waals surface area contributed by atoms with E-state index in [0.29, 0.717) is 0 Å². The lowest BCUT2D eigenvalue weighted by atomic mass is 9.97. The number of furan rings is 1. The molecule has 0 saturated carbocycles. The van der Waals surface area contributed by atoms with Crippen LogP contribution in [0.2, 0.25) is 0 Å². The Labute approximate surface area is 267 Å². The molecule has 0 aliphatic carbocycles. The van der Waals surface area contributed by atoms with E-state index in [0.717, 1.165) is 39.0 Å². The second kappa shape index (κ2) is 10.8. The second-order valence-electron chi connectivity index (χ2n) is 11.8. The fourth-order valence-electron chi connectivity index (χ4n) is 6.80. The summed E-state index contributed by atoms with van der Waals surface area (Å²) in [6, 6.07) is 62.9. The fourth-order valence-corrected chi connectivity index (χ4v) is 6.80. The van der Waals surface area contributed by atoms with E-state index in [1.54, 1.807) is 0 Å². The summed E-state index contributed by atoms with van der Waals surface area (Å²) in [6.45, 7) is 0. The lowest BCUT2D eigenvalue weighted by molar-refractivity contribution is 0.669. The highest BCUT2D eigenvalue weighted by atomic mass is 16.3. The highest BCUT2D eigenvalue weighted by Gasteiger charge is 2.20. The number of para-hydroxylation sites is 2. The Hall–Kier alpha value is -6.12. The van der Waals surface area contributed by atoms with Crippen molar-refractivity contribution in [2.24, 2.45) is 0 Å². The zero-order chi connectivity index (χ0) is 30.5. The van der Waals surface area contributed by atoms with Crippen LogP contribution in [0.4, 0.5) is 17.1 Å². The molecule has 0 radical (unpaired) electrons. The number of hydrogen-bond acceptors (Lipinski definition) is 2. The molecule has 8 aromatic carbocycles. The molecule has 0 bridgehead atoms. The first kappa shape index (κ1) is 26.3. The zero-order valence-electron chi connectivity index (χ0n) is 25.1. The molecule has 0 N–H and O–H groups in total. The van der Waals surface area contributed by atoms with Gasteiger partial charge < -0.3 is 9.32 Å². The molecule has 0 amide bonds. The normalized spacial score (nSPS) is 11.5. The molecule has 0 aliphatic rings. The lowest BCUT2D eigenvalue weighted by Crippen LogP contribution is -2.11. The Balaban J connectivity index is 1.27. The van der Waals surface area contributed by atoms with Gasteiger partial charge in [0.15, 0.2) is 0 Å². The average molecular weight is 588 g/mol. The molecular formula is C44H29NO. The largest absolute Gasteiger partial charge is 0.456 e. The molecule has 0 aliphatic heterocycles. The van der Waals surface area contributed by atoms with Gasteiger partial charge in [0.05, 0.1) is 11.4 Å². The highest BCUT2D eigenvalue weighted by Crippen LogP contribution is 2.45. The number of anilines is 3. The number of nitrogens with zero attached hydrogens (tertiary/aromatic N) is 1. The molecule has 9 rings (SSSR count). The van der Waals surface area contributed by atoms with Gasteiger partial charge in [-0.3, -0.25) is 0 Å². The van der Waals surface area contributed by atoms with Gasteiger partial charge in [-0.1, -0.05) is 127 Å². The quantitative estimate of drug-likeness (QED) is 0.199. The maximum absolute atomic E-state index is 6.23. The summed E-state index contributed by atoms with van der Waals surface area (Å²) in [4.78, 5) is 2.40. The molecule has 0 fully saturated rings. The zero-order valence-corrected chi connectivity index (χ0v) is 25.1. The van der Waals surface area contributed by atoms with Crippen LogP contribution in [0.3, 0.4) is 0 Å². The SMILES string of the molecule is c1ccc(-c2ccccc2N(c2ccc3oc4ccccc4c3c2)c2cccc3cc(-c4ccc5ccccc5c4)ccc23)cc1. The minimum absolute atomic E-state index is 0.888. The van der Waals surface area contributed by atoms with Crippen LogP contribution in [0.1, 0.15) is 0 Å². The van der Waals surface area contributed by atoms with Crippen LogP contribution in [-0.2, 0) is 0 Å². The first-order chi connectivity index (χ1) is 22.8. The van der Waals surface area contributed by atoms with Crippen molar-refractivity contribution in [2.75, 3.05) is 4.90 Å². The molecular weight excluding hydrogens is 558 g/mol. The third kappa shape index (κ3) is 4.43. The maximum Gasteiger partial charge on any atom is 0.135 e. The molecule has 1 aromatic heterocycles. The summed E-state index contributed by atoms with van der Waals surface area (Å²) in [5, 5.41) is 7.11. The minimum Gasteiger partial charge on any atom is -0.456 e. The Morgan fingerprint density at radius 2 is 1.02 bits per heavy atom. The lowest BCUT2D eigenvalue weighted by Gasteiger charge is -2.29. The van der Waals surface area contributed by atoms with E-state index >= 15 is 0 Å². The topological polar surface area (TPSA) is 16.4 Å². The first-order valence-electron chi connectivity index (χ1n) is 15.7. The molecule has 0 saturated heterocycles. The number of benzene rings is 8. The van der Waals surface area contributed by atoms with Gasteiger partial charge in [0, 0.05) is 27.4 Å². The van der Waals surface area contributed by atoms with Crippen molar-refractivity contribution < 1.29 is 4.42 Å². The van der Waals surface area contributed by atoms with E-state index in [1.807, 2.05) is 12.1 Å². The Kier molecular flexibility index (Phi) is 6.17. The number of fused-ring (bicyclic) bond motifs is 5. The van der Waals surface area contributed by atoms with Crippen molar-refractivity contribution in [1.29, 1.82) is 0 Å². The van der Waals surface area contributed by atoms with Crippen molar-refractivity contribution in [1.82, 2.24) is 0 Å². The molecule has 46 heavy (non-hydrogen) atoms. The van der Waals surface area contributed by atoms with Crippen LogP contribution in [0, 0.1) is 0 Å². The third-order valence-corrected chi connectivity index (χ3v) is 9.03. The van der Waals surface area contributed by atoms with Crippen molar-refractivity contribution in [2.45, 2.75) is 0 Å². The minimum atomic E-state index is 0.888. The summed E-state index contributed by atoms with van der Waals surface area (Å²) in [5.41, 5.74) is 9.88. The van der Waals surface area contributed by atoms with E-state index in [2.05, 4.69) is 169 Å². The predicted molar refractivity (Wildman–Crippen MR) is 194 cm³/mol. The van der Waals surface area contributed by atoms with Gasteiger partial charge in [-0.05, 0) is 81.4 Å². The fraction of sp³-hybridized carbons (Fsp3) is 0. The van der Waals surface area contributed by atoms with Gasteiger partial charge in [0.2, 0.25) is 0 Å². The van der Waals surface area contributed by atoms with E-state index in [9.17, 15) is 0 Å². The van der Waals surface area contributed by atoms with Gasteiger partial charge in [0.25, 0.3) is 0 Å². The third-order valence-electron chi connectivity index (χ3n) is 9.03. The molecule has 2 heteroatoms. The molecule has 0 spiro atoms.